The van der Waals surface area contributed by atoms with Crippen molar-refractivity contribution in [2.45, 2.75) is 18.4 Å². The maximum atomic E-state index is 12.6. The van der Waals surface area contributed by atoms with Crippen LogP contribution in [0.5, 0.6) is 0 Å². The molecule has 0 bridgehead atoms. The lowest BCUT2D eigenvalue weighted by molar-refractivity contribution is -0.384. The molecule has 10 heteroatoms. The van der Waals surface area contributed by atoms with Crippen molar-refractivity contribution in [3.05, 3.63) is 70.1 Å². The topological polar surface area (TPSA) is 119 Å². The summed E-state index contributed by atoms with van der Waals surface area (Å²) in [7, 11) is -2.49. The molecule has 0 spiro atoms. The van der Waals surface area contributed by atoms with Gasteiger partial charge in [-0.2, -0.15) is 4.31 Å². The Bertz CT molecular complexity index is 1060. The first-order valence-electron chi connectivity index (χ1n) is 7.87. The van der Waals surface area contributed by atoms with E-state index in [1.807, 2.05) is 31.2 Å². The van der Waals surface area contributed by atoms with Crippen LogP contribution in [0.2, 0.25) is 0 Å². The van der Waals surface area contributed by atoms with Crippen molar-refractivity contribution in [2.75, 3.05) is 7.05 Å². The summed E-state index contributed by atoms with van der Waals surface area (Å²) in [6, 6.07) is 12.2. The summed E-state index contributed by atoms with van der Waals surface area (Å²) >= 11 is 0. The molecule has 0 saturated heterocycles. The van der Waals surface area contributed by atoms with Gasteiger partial charge in [0.05, 0.1) is 16.4 Å². The number of nitro groups is 1. The molecule has 0 amide bonds. The van der Waals surface area contributed by atoms with E-state index >= 15 is 0 Å². The van der Waals surface area contributed by atoms with E-state index in [1.165, 1.54) is 19.2 Å². The smallest absolute Gasteiger partial charge is 0.269 e. The number of hydrogen-bond acceptors (Lipinski definition) is 7. The summed E-state index contributed by atoms with van der Waals surface area (Å²) in [5.41, 5.74) is 1.64. The van der Waals surface area contributed by atoms with Gasteiger partial charge in [0.15, 0.2) is 0 Å². The molecule has 140 valence electrons. The summed E-state index contributed by atoms with van der Waals surface area (Å²) in [6.07, 6.45) is 0. The molecule has 0 unspecified atom stereocenters. The van der Waals surface area contributed by atoms with Crippen LogP contribution in [0.25, 0.3) is 11.5 Å². The van der Waals surface area contributed by atoms with E-state index in [2.05, 4.69) is 10.2 Å². The Balaban J connectivity index is 1.77. The molecule has 9 nitrogen and oxygen atoms in total. The predicted octanol–water partition coefficient (Wildman–Crippen LogP) is 2.77. The monoisotopic (exact) mass is 388 g/mol. The van der Waals surface area contributed by atoms with E-state index < -0.39 is 14.9 Å². The molecule has 0 radical (unpaired) electrons. The maximum Gasteiger partial charge on any atom is 0.269 e. The first-order chi connectivity index (χ1) is 12.8. The Labute approximate surface area is 155 Å². The molecule has 0 atom stereocenters. The minimum absolute atomic E-state index is 0.0612. The Morgan fingerprint density at radius 2 is 1.70 bits per heavy atom. The number of aryl methyl sites for hydroxylation is 1. The molecule has 0 saturated carbocycles. The van der Waals surface area contributed by atoms with Crippen molar-refractivity contribution in [2.24, 2.45) is 0 Å². The Morgan fingerprint density at radius 1 is 1.07 bits per heavy atom. The van der Waals surface area contributed by atoms with Crippen LogP contribution in [0.15, 0.2) is 57.8 Å². The minimum atomic E-state index is -3.86. The lowest BCUT2D eigenvalue weighted by Crippen LogP contribution is -2.26. The van der Waals surface area contributed by atoms with E-state index in [0.717, 1.165) is 27.6 Å². The fourth-order valence-electron chi connectivity index (χ4n) is 2.33. The molecule has 0 aliphatic rings. The SMILES string of the molecule is Cc1ccc(-c2nnc(CN(C)S(=O)(=O)c3ccc([N+](=O)[O-])cc3)o2)cc1. The zero-order chi connectivity index (χ0) is 19.6. The summed E-state index contributed by atoms with van der Waals surface area (Å²) in [5.74, 6) is 0.435. The van der Waals surface area contributed by atoms with Gasteiger partial charge in [-0.25, -0.2) is 8.42 Å². The first kappa shape index (κ1) is 18.7. The minimum Gasteiger partial charge on any atom is -0.419 e. The zero-order valence-electron chi connectivity index (χ0n) is 14.6. The number of non-ortho nitro benzene ring substituents is 1. The number of benzene rings is 2. The second-order valence-corrected chi connectivity index (χ2v) is 7.92. The van der Waals surface area contributed by atoms with Crippen LogP contribution < -0.4 is 0 Å². The van der Waals surface area contributed by atoms with Gasteiger partial charge in [0.1, 0.15) is 0 Å². The van der Waals surface area contributed by atoms with E-state index in [9.17, 15) is 18.5 Å². The molecule has 3 aromatic rings. The third-order valence-electron chi connectivity index (χ3n) is 3.88. The van der Waals surface area contributed by atoms with Gasteiger partial charge in [0.25, 0.3) is 5.69 Å². The molecule has 3 rings (SSSR count). The predicted molar refractivity (Wildman–Crippen MR) is 96.2 cm³/mol. The second-order valence-electron chi connectivity index (χ2n) is 5.88. The molecule has 1 aromatic heterocycles. The summed E-state index contributed by atoms with van der Waals surface area (Å²) < 4.78 is 31.8. The Morgan fingerprint density at radius 3 is 2.30 bits per heavy atom. The second kappa shape index (κ2) is 7.25. The normalized spacial score (nSPS) is 11.7. The zero-order valence-corrected chi connectivity index (χ0v) is 15.4. The summed E-state index contributed by atoms with van der Waals surface area (Å²) in [4.78, 5) is 10.0. The summed E-state index contributed by atoms with van der Waals surface area (Å²) in [6.45, 7) is 1.83. The van der Waals surface area contributed by atoms with Gasteiger partial charge in [0, 0.05) is 24.7 Å². The lowest BCUT2D eigenvalue weighted by Gasteiger charge is -2.14. The molecule has 0 aliphatic heterocycles. The first-order valence-corrected chi connectivity index (χ1v) is 9.31. The van der Waals surface area contributed by atoms with Gasteiger partial charge < -0.3 is 4.42 Å². The number of nitro benzene ring substituents is 1. The Kier molecular flexibility index (Phi) is 5.02. The van der Waals surface area contributed by atoms with Crippen molar-refractivity contribution in [1.82, 2.24) is 14.5 Å². The summed E-state index contributed by atoms with van der Waals surface area (Å²) in [5, 5.41) is 18.5. The molecule has 0 fully saturated rings. The van der Waals surface area contributed by atoms with E-state index in [0.29, 0.717) is 5.89 Å². The van der Waals surface area contributed by atoms with Crippen molar-refractivity contribution >= 4 is 15.7 Å². The third-order valence-corrected chi connectivity index (χ3v) is 5.70. The lowest BCUT2D eigenvalue weighted by atomic mass is 10.1. The van der Waals surface area contributed by atoms with Crippen LogP contribution in [0.1, 0.15) is 11.5 Å². The van der Waals surface area contributed by atoms with Crippen LogP contribution in [-0.2, 0) is 16.6 Å². The van der Waals surface area contributed by atoms with Crippen LogP contribution in [-0.4, -0.2) is 34.9 Å². The van der Waals surface area contributed by atoms with E-state index in [-0.39, 0.29) is 23.0 Å². The maximum absolute atomic E-state index is 12.6. The van der Waals surface area contributed by atoms with Gasteiger partial charge in [-0.1, -0.05) is 17.7 Å². The van der Waals surface area contributed by atoms with Crippen molar-refractivity contribution in [3.8, 4) is 11.5 Å². The molecule has 0 aliphatic carbocycles. The van der Waals surface area contributed by atoms with E-state index in [1.54, 1.807) is 0 Å². The third kappa shape index (κ3) is 4.01. The van der Waals surface area contributed by atoms with Gasteiger partial charge in [-0.3, -0.25) is 10.1 Å². The highest BCUT2D eigenvalue weighted by Crippen LogP contribution is 2.22. The van der Waals surface area contributed by atoms with Crippen LogP contribution >= 0.6 is 0 Å². The molecule has 1 heterocycles. The molecular formula is C17H16N4O5S. The van der Waals surface area contributed by atoms with Crippen LogP contribution in [0, 0.1) is 17.0 Å². The number of rotatable bonds is 6. The van der Waals surface area contributed by atoms with E-state index in [4.69, 9.17) is 4.42 Å². The number of sulfonamides is 1. The van der Waals surface area contributed by atoms with Gasteiger partial charge in [-0.05, 0) is 31.2 Å². The van der Waals surface area contributed by atoms with Crippen LogP contribution in [0.3, 0.4) is 0 Å². The fourth-order valence-corrected chi connectivity index (χ4v) is 3.45. The quantitative estimate of drug-likeness (QED) is 0.470. The van der Waals surface area contributed by atoms with Gasteiger partial charge in [-0.15, -0.1) is 10.2 Å². The molecule has 27 heavy (non-hydrogen) atoms. The van der Waals surface area contributed by atoms with Crippen molar-refractivity contribution in [1.29, 1.82) is 0 Å². The highest BCUT2D eigenvalue weighted by atomic mass is 32.2. The fraction of sp³-hybridized carbons (Fsp3) is 0.176. The molecular weight excluding hydrogens is 372 g/mol. The molecule has 0 N–H and O–H groups in total. The van der Waals surface area contributed by atoms with Gasteiger partial charge >= 0.3 is 0 Å². The number of hydrogen-bond donors (Lipinski definition) is 0. The average Bonchev–Trinajstić information content (AvgIpc) is 3.10. The van der Waals surface area contributed by atoms with Crippen molar-refractivity contribution in [3.63, 3.8) is 0 Å². The molecule has 2 aromatic carbocycles. The highest BCUT2D eigenvalue weighted by molar-refractivity contribution is 7.89. The average molecular weight is 388 g/mol. The largest absolute Gasteiger partial charge is 0.419 e. The Hall–Kier alpha value is -3.11. The van der Waals surface area contributed by atoms with Crippen LogP contribution in [0.4, 0.5) is 5.69 Å². The van der Waals surface area contributed by atoms with Gasteiger partial charge in [0.2, 0.25) is 21.8 Å². The number of aromatic nitrogens is 2. The van der Waals surface area contributed by atoms with Crippen molar-refractivity contribution < 1.29 is 17.8 Å². The number of nitrogens with zero attached hydrogens (tertiary/aromatic N) is 4. The highest BCUT2D eigenvalue weighted by Gasteiger charge is 2.24. The standard InChI is InChI=1S/C17H16N4O5S/c1-12-3-5-13(6-4-12)17-19-18-16(26-17)11-20(2)27(24,25)15-9-7-14(8-10-15)21(22)23/h3-10H,11H2,1-2H3.